The molecule has 0 bridgehead atoms. The molecule has 0 unspecified atom stereocenters. The quantitative estimate of drug-likeness (QED) is 0.142. The number of aromatic nitrogens is 10. The minimum atomic E-state index is 0.407. The third-order valence-electron chi connectivity index (χ3n) is 8.62. The maximum atomic E-state index is 4.98. The number of pyridine rings is 1. The van der Waals surface area contributed by atoms with E-state index < -0.39 is 0 Å². The smallest absolute Gasteiger partial charge is 0.196 e. The molecule has 8 aromatic rings. The van der Waals surface area contributed by atoms with E-state index in [2.05, 4.69) is 158 Å². The van der Waals surface area contributed by atoms with E-state index in [-0.39, 0.29) is 0 Å². The maximum Gasteiger partial charge on any atom is 0.196 e. The molecule has 15 heteroatoms. The van der Waals surface area contributed by atoms with E-state index in [1.54, 1.807) is 83.8 Å². The van der Waals surface area contributed by atoms with Crippen molar-refractivity contribution in [3.63, 3.8) is 0 Å². The second-order valence-corrected chi connectivity index (χ2v) is 19.8. The van der Waals surface area contributed by atoms with Crippen molar-refractivity contribution in [1.29, 1.82) is 0 Å². The summed E-state index contributed by atoms with van der Waals surface area (Å²) < 4.78 is 9.97. The average Bonchev–Trinajstić information content (AvgIpc) is 4.41. The van der Waals surface area contributed by atoms with Gasteiger partial charge in [-0.2, -0.15) is 0 Å². The second-order valence-electron chi connectivity index (χ2n) is 17.2. The molecule has 8 rings (SSSR count). The van der Waals surface area contributed by atoms with Gasteiger partial charge in [-0.15, -0.1) is 34.0 Å². The monoisotopic (exact) mass is 1210 g/mol. The van der Waals surface area contributed by atoms with Crippen molar-refractivity contribution in [2.45, 2.75) is 269 Å². The maximum absolute atomic E-state index is 4.98. The summed E-state index contributed by atoms with van der Waals surface area (Å²) in [7, 11) is 0. The first-order valence-corrected chi connectivity index (χ1v) is 33.5. The Kier molecular flexibility index (Phi) is 82.4. The zero-order valence-corrected chi connectivity index (χ0v) is 61.1. The highest BCUT2D eigenvalue weighted by molar-refractivity contribution is 7.09. The van der Waals surface area contributed by atoms with Crippen LogP contribution < -0.4 is 0 Å². The van der Waals surface area contributed by atoms with Gasteiger partial charge in [-0.25, -0.2) is 39.9 Å². The van der Waals surface area contributed by atoms with E-state index >= 15 is 0 Å². The molecule has 12 nitrogen and oxygen atoms in total. The van der Waals surface area contributed by atoms with E-state index in [9.17, 15) is 0 Å². The first-order valence-electron chi connectivity index (χ1n) is 30.8. The normalized spacial score (nSPS) is 8.87. The summed E-state index contributed by atoms with van der Waals surface area (Å²) >= 11 is 5.10. The van der Waals surface area contributed by atoms with E-state index in [1.807, 2.05) is 178 Å². The van der Waals surface area contributed by atoms with Crippen LogP contribution in [0.25, 0.3) is 0 Å². The minimum absolute atomic E-state index is 0.407. The third kappa shape index (κ3) is 58.2. The Bertz CT molecular complexity index is 1880. The molecule has 0 spiro atoms. The zero-order valence-electron chi connectivity index (χ0n) is 58.7. The van der Waals surface area contributed by atoms with Crippen LogP contribution >= 0.6 is 34.0 Å². The van der Waals surface area contributed by atoms with Gasteiger partial charge in [0.05, 0.1) is 34.1 Å². The van der Waals surface area contributed by atoms with Crippen LogP contribution in [0.15, 0.2) is 130 Å². The summed E-state index contributed by atoms with van der Waals surface area (Å²) in [5.74, 6) is 6.90. The first kappa shape index (κ1) is 94.0. The number of rotatable bonds is 8. The Morgan fingerprint density at radius 2 is 0.964 bits per heavy atom. The fourth-order valence-corrected chi connectivity index (χ4v) is 6.54. The molecule has 0 aliphatic heterocycles. The molecular weight excluding hydrogens is 1090 g/mol. The van der Waals surface area contributed by atoms with Gasteiger partial charge in [0.25, 0.3) is 0 Å². The van der Waals surface area contributed by atoms with Crippen LogP contribution in [0.3, 0.4) is 0 Å². The van der Waals surface area contributed by atoms with Crippen molar-refractivity contribution in [2.24, 2.45) is 0 Å². The van der Waals surface area contributed by atoms with Crippen LogP contribution in [0.1, 0.15) is 313 Å². The Hall–Kier alpha value is -5.38. The summed E-state index contributed by atoms with van der Waals surface area (Å²) in [6, 6.07) is 7.82. The van der Waals surface area contributed by atoms with Crippen LogP contribution in [-0.2, 0) is 0 Å². The van der Waals surface area contributed by atoms with Crippen LogP contribution in [0.5, 0.6) is 0 Å². The Morgan fingerprint density at radius 1 is 0.386 bits per heavy atom. The van der Waals surface area contributed by atoms with Crippen LogP contribution in [0.4, 0.5) is 0 Å². The lowest BCUT2D eigenvalue weighted by atomic mass is 10.1. The highest BCUT2D eigenvalue weighted by Gasteiger charge is 2.02. The van der Waals surface area contributed by atoms with E-state index in [4.69, 9.17) is 8.83 Å². The molecule has 8 heterocycles. The van der Waals surface area contributed by atoms with Gasteiger partial charge in [0, 0.05) is 88.4 Å². The Labute approximate surface area is 523 Å². The molecule has 0 saturated carbocycles. The molecular formula is C68H124N10O2S3. The van der Waals surface area contributed by atoms with Crippen LogP contribution in [0.2, 0.25) is 0 Å². The highest BCUT2D eigenvalue weighted by Crippen LogP contribution is 2.18. The van der Waals surface area contributed by atoms with Gasteiger partial charge in [-0.05, 0) is 47.4 Å². The molecule has 0 aliphatic carbocycles. The standard InChI is InChI=1S/C8H11N.2C7H10N2.2C6H9NO.3C6H9NS.8C2H6/c1-7(2)8-4-3-5-9-6-8;1-6(2)7-3-4-8-5-9-7;1-6(2)7-8-4-3-5-9-7;1-5(2)6-3-7-4-8-6;1-5(2)6-7-3-4-8-6;1-5(2)6-3-8-4-7-6;1-5(2)6-3-7-4-8-6;1-5(2)6-7-3-4-8-6;8*1-2/h3-7H,1-2H3;2*3-6H,1-2H3;5*3-5H,1-2H3;8*1-2H3. The van der Waals surface area contributed by atoms with Crippen LogP contribution in [0, 0.1) is 0 Å². The number of oxazole rings is 2. The number of nitrogens with zero attached hydrogens (tertiary/aromatic N) is 10. The lowest BCUT2D eigenvalue weighted by Crippen LogP contribution is -1.93. The van der Waals surface area contributed by atoms with Crippen molar-refractivity contribution in [1.82, 2.24) is 49.8 Å². The lowest BCUT2D eigenvalue weighted by molar-refractivity contribution is 0.471. The molecule has 0 N–H and O–H groups in total. The van der Waals surface area contributed by atoms with Gasteiger partial charge in [0.1, 0.15) is 24.2 Å². The first-order chi connectivity index (χ1) is 39.9. The van der Waals surface area contributed by atoms with Crippen LogP contribution in [-0.4, -0.2) is 49.8 Å². The van der Waals surface area contributed by atoms with Gasteiger partial charge in [-0.1, -0.05) is 228 Å². The minimum Gasteiger partial charge on any atom is -0.449 e. The third-order valence-corrected chi connectivity index (χ3v) is 11.4. The fourth-order valence-electron chi connectivity index (χ4n) is 4.54. The summed E-state index contributed by atoms with van der Waals surface area (Å²) in [4.78, 5) is 41.3. The van der Waals surface area contributed by atoms with Gasteiger partial charge >= 0.3 is 0 Å². The molecule has 0 fully saturated rings. The van der Waals surface area contributed by atoms with Crippen molar-refractivity contribution in [2.75, 3.05) is 0 Å². The molecule has 0 aromatic carbocycles. The van der Waals surface area contributed by atoms with Crippen molar-refractivity contribution < 1.29 is 8.83 Å². The molecule has 83 heavy (non-hydrogen) atoms. The summed E-state index contributed by atoms with van der Waals surface area (Å²) in [6.07, 6.45) is 20.8. The number of thiazole rings is 3. The van der Waals surface area contributed by atoms with Gasteiger partial charge in [0.2, 0.25) is 0 Å². The molecule has 0 atom stereocenters. The summed E-state index contributed by atoms with van der Waals surface area (Å²) in [5, 5.41) is 5.32. The van der Waals surface area contributed by atoms with Crippen molar-refractivity contribution >= 4 is 34.0 Å². The predicted molar refractivity (Wildman–Crippen MR) is 371 cm³/mol. The number of hydrogen-bond acceptors (Lipinski definition) is 15. The van der Waals surface area contributed by atoms with E-state index in [0.29, 0.717) is 47.3 Å². The van der Waals surface area contributed by atoms with Gasteiger partial charge < -0.3 is 8.83 Å². The average molecular weight is 1210 g/mol. The summed E-state index contributed by atoms with van der Waals surface area (Å²) in [6.45, 7) is 65.9. The number of hydrogen-bond donors (Lipinski definition) is 0. The van der Waals surface area contributed by atoms with E-state index in [1.165, 1.54) is 27.5 Å². The fraction of sp³-hybridized carbons (Fsp3) is 0.588. The highest BCUT2D eigenvalue weighted by atomic mass is 32.1. The van der Waals surface area contributed by atoms with E-state index in [0.717, 1.165) is 23.2 Å². The molecule has 8 aromatic heterocycles. The Morgan fingerprint density at radius 3 is 1.19 bits per heavy atom. The van der Waals surface area contributed by atoms with Gasteiger partial charge in [-0.3, -0.25) is 9.97 Å². The van der Waals surface area contributed by atoms with Crippen molar-refractivity contribution in [3.8, 4) is 0 Å². The Balaban J connectivity index is -0.000000125. The predicted octanol–water partition coefficient (Wildman–Crippen LogP) is 24.0. The molecule has 0 aliphatic rings. The molecule has 476 valence electrons. The second kappa shape index (κ2) is 72.7. The lowest BCUT2D eigenvalue weighted by Gasteiger charge is -2.00. The topological polar surface area (TPSA) is 155 Å². The van der Waals surface area contributed by atoms with Gasteiger partial charge in [0.15, 0.2) is 12.3 Å². The summed E-state index contributed by atoms with van der Waals surface area (Å²) in [5.41, 5.74) is 7.35. The zero-order chi connectivity index (χ0) is 66.0. The molecule has 0 radical (unpaired) electrons. The SMILES string of the molecule is CC.CC.CC.CC.CC.CC.CC.CC.CC(C)c1cccnc1.CC(C)c1ccncn1.CC(C)c1cnco1.CC(C)c1cncs1.CC(C)c1cscn1.CC(C)c1ncccn1.CC(C)c1ncco1.CC(C)c1nccs1. The molecule has 0 amide bonds. The van der Waals surface area contributed by atoms with Crippen molar-refractivity contribution in [3.05, 3.63) is 165 Å². The molecule has 0 saturated heterocycles. The largest absolute Gasteiger partial charge is 0.449 e.